The number of rotatable bonds is 5. The number of para-hydroxylation sites is 1. The molecule has 0 saturated heterocycles. The van der Waals surface area contributed by atoms with Crippen molar-refractivity contribution in [2.24, 2.45) is 0 Å². The lowest BCUT2D eigenvalue weighted by molar-refractivity contribution is -0.116. The summed E-state index contributed by atoms with van der Waals surface area (Å²) in [5.74, 6) is 2.17. The number of nitrogens with one attached hydrogen (secondary N) is 1. The van der Waals surface area contributed by atoms with E-state index in [1.807, 2.05) is 62.4 Å². The average molecular weight is 431 g/mol. The van der Waals surface area contributed by atoms with Crippen LogP contribution in [0.5, 0.6) is 11.5 Å². The molecule has 32 heavy (non-hydrogen) atoms. The third kappa shape index (κ3) is 3.36. The predicted octanol–water partition coefficient (Wildman–Crippen LogP) is 5.35. The maximum absolute atomic E-state index is 13.6. The van der Waals surface area contributed by atoms with Gasteiger partial charge in [-0.3, -0.25) is 4.79 Å². The van der Waals surface area contributed by atoms with E-state index < -0.39 is 0 Å². The quantitative estimate of drug-likeness (QED) is 0.588. The molecule has 0 saturated carbocycles. The van der Waals surface area contributed by atoms with Crippen molar-refractivity contribution in [3.8, 4) is 11.5 Å². The molecule has 1 aliphatic carbocycles. The molecule has 1 N–H and O–H groups in total. The van der Waals surface area contributed by atoms with E-state index in [4.69, 9.17) is 14.0 Å². The van der Waals surface area contributed by atoms with Crippen LogP contribution in [-0.2, 0) is 4.79 Å². The molecule has 0 radical (unpaired) electrons. The molecular weight excluding hydrogens is 404 g/mol. The number of allylic oxidation sites excluding steroid dienone is 2. The van der Waals surface area contributed by atoms with Crippen LogP contribution in [-0.4, -0.2) is 24.7 Å². The summed E-state index contributed by atoms with van der Waals surface area (Å²) in [6, 6.07) is 15.9. The summed E-state index contributed by atoms with van der Waals surface area (Å²) in [6.45, 7) is 4.43. The van der Waals surface area contributed by atoms with E-state index in [9.17, 15) is 4.79 Å². The number of benzene rings is 2. The highest BCUT2D eigenvalue weighted by molar-refractivity contribution is 6.01. The number of aryl methyl sites for hydroxylation is 1. The van der Waals surface area contributed by atoms with Gasteiger partial charge in [0.2, 0.25) is 5.88 Å². The Balaban J connectivity index is 1.60. The van der Waals surface area contributed by atoms with Crippen LogP contribution >= 0.6 is 0 Å². The van der Waals surface area contributed by atoms with Gasteiger partial charge in [-0.05, 0) is 49.9 Å². The summed E-state index contributed by atoms with van der Waals surface area (Å²) in [6.07, 6.45) is 1.18. The smallest absolute Gasteiger partial charge is 0.233 e. The molecule has 6 nitrogen and oxygen atoms in total. The van der Waals surface area contributed by atoms with Gasteiger partial charge in [-0.1, -0.05) is 35.5 Å². The summed E-state index contributed by atoms with van der Waals surface area (Å²) < 4.78 is 16.8. The van der Waals surface area contributed by atoms with Gasteiger partial charge in [0.25, 0.3) is 0 Å². The zero-order valence-electron chi connectivity index (χ0n) is 18.5. The lowest BCUT2D eigenvalue weighted by Gasteiger charge is -2.35. The second kappa shape index (κ2) is 8.19. The Kier molecular flexibility index (Phi) is 5.21. The minimum absolute atomic E-state index is 0.0908. The topological polar surface area (TPSA) is 73.6 Å². The molecule has 1 aliphatic heterocycles. The SMILES string of the molecule is CCOc1ccccc1[C@H]1C2=C(C[C@H](c3ccc(OC)cc3)CC2=O)Nc2onc(C)c21. The molecule has 6 heteroatoms. The van der Waals surface area contributed by atoms with Gasteiger partial charge in [0.15, 0.2) is 5.78 Å². The number of carbonyl (C=O) groups is 1. The number of hydrogen-bond donors (Lipinski definition) is 1. The maximum atomic E-state index is 13.6. The molecule has 0 amide bonds. The van der Waals surface area contributed by atoms with Crippen LogP contribution in [0.3, 0.4) is 0 Å². The van der Waals surface area contributed by atoms with E-state index >= 15 is 0 Å². The largest absolute Gasteiger partial charge is 0.497 e. The average Bonchev–Trinajstić information content (AvgIpc) is 3.18. The van der Waals surface area contributed by atoms with E-state index in [1.54, 1.807) is 7.11 Å². The van der Waals surface area contributed by atoms with Crippen molar-refractivity contribution in [2.75, 3.05) is 19.0 Å². The van der Waals surface area contributed by atoms with Crippen LogP contribution in [0.4, 0.5) is 5.88 Å². The predicted molar refractivity (Wildman–Crippen MR) is 121 cm³/mol. The van der Waals surface area contributed by atoms with Gasteiger partial charge in [-0.15, -0.1) is 0 Å². The first-order chi connectivity index (χ1) is 15.6. The second-order valence-electron chi connectivity index (χ2n) is 8.23. The summed E-state index contributed by atoms with van der Waals surface area (Å²) in [5, 5.41) is 7.59. The molecule has 2 heterocycles. The molecule has 5 rings (SSSR count). The molecule has 1 aromatic heterocycles. The lowest BCUT2D eigenvalue weighted by atomic mass is 9.72. The third-order valence-electron chi connectivity index (χ3n) is 6.37. The molecular formula is C26H26N2O4. The Hall–Kier alpha value is -3.54. The van der Waals surface area contributed by atoms with E-state index in [0.717, 1.165) is 51.6 Å². The van der Waals surface area contributed by atoms with Crippen LogP contribution in [0, 0.1) is 6.92 Å². The first-order valence-electron chi connectivity index (χ1n) is 11.0. The summed E-state index contributed by atoms with van der Waals surface area (Å²) >= 11 is 0. The van der Waals surface area contributed by atoms with Crippen molar-refractivity contribution < 1.29 is 18.8 Å². The number of ketones is 1. The number of fused-ring (bicyclic) bond motifs is 1. The number of hydrogen-bond acceptors (Lipinski definition) is 6. The van der Waals surface area contributed by atoms with Gasteiger partial charge in [0.1, 0.15) is 11.5 Å². The molecule has 0 bridgehead atoms. The van der Waals surface area contributed by atoms with Crippen molar-refractivity contribution in [2.45, 2.75) is 38.5 Å². The molecule has 2 aromatic carbocycles. The van der Waals surface area contributed by atoms with Gasteiger partial charge in [0.05, 0.1) is 30.9 Å². The summed E-state index contributed by atoms with van der Waals surface area (Å²) in [4.78, 5) is 13.6. The molecule has 0 fully saturated rings. The van der Waals surface area contributed by atoms with Crippen LogP contribution in [0.15, 0.2) is 64.3 Å². The van der Waals surface area contributed by atoms with Crippen molar-refractivity contribution in [3.05, 3.63) is 82.2 Å². The first-order valence-corrected chi connectivity index (χ1v) is 11.0. The van der Waals surface area contributed by atoms with Crippen LogP contribution in [0.25, 0.3) is 0 Å². The van der Waals surface area contributed by atoms with E-state index in [0.29, 0.717) is 18.9 Å². The van der Waals surface area contributed by atoms with Crippen LogP contribution in [0.1, 0.15) is 54.0 Å². The second-order valence-corrected chi connectivity index (χ2v) is 8.23. The highest BCUT2D eigenvalue weighted by Crippen LogP contribution is 2.50. The number of anilines is 1. The fourth-order valence-electron chi connectivity index (χ4n) is 4.90. The minimum Gasteiger partial charge on any atom is -0.497 e. The van der Waals surface area contributed by atoms with Crippen molar-refractivity contribution in [1.29, 1.82) is 0 Å². The number of nitrogens with zero attached hydrogens (tertiary/aromatic N) is 1. The van der Waals surface area contributed by atoms with Crippen molar-refractivity contribution in [3.63, 3.8) is 0 Å². The first kappa shape index (κ1) is 20.4. The summed E-state index contributed by atoms with van der Waals surface area (Å²) in [5.41, 5.74) is 5.47. The van der Waals surface area contributed by atoms with E-state index in [2.05, 4.69) is 10.5 Å². The number of carbonyl (C=O) groups excluding carboxylic acids is 1. The minimum atomic E-state index is -0.264. The molecule has 164 valence electrons. The summed E-state index contributed by atoms with van der Waals surface area (Å²) in [7, 11) is 1.65. The van der Waals surface area contributed by atoms with E-state index in [1.165, 1.54) is 0 Å². The number of ether oxygens (including phenoxy) is 2. The van der Waals surface area contributed by atoms with Gasteiger partial charge in [-0.2, -0.15) is 0 Å². The Morgan fingerprint density at radius 1 is 1.12 bits per heavy atom. The monoisotopic (exact) mass is 430 g/mol. The molecule has 0 spiro atoms. The maximum Gasteiger partial charge on any atom is 0.233 e. The van der Waals surface area contributed by atoms with Gasteiger partial charge < -0.3 is 19.3 Å². The Labute approximate surface area is 187 Å². The van der Waals surface area contributed by atoms with Crippen LogP contribution in [0.2, 0.25) is 0 Å². The molecule has 0 unspecified atom stereocenters. The normalized spacial score (nSPS) is 19.8. The number of aromatic nitrogens is 1. The highest BCUT2D eigenvalue weighted by atomic mass is 16.5. The lowest BCUT2D eigenvalue weighted by Crippen LogP contribution is -2.29. The molecule has 2 atom stereocenters. The Morgan fingerprint density at radius 2 is 1.91 bits per heavy atom. The molecule has 3 aromatic rings. The van der Waals surface area contributed by atoms with Gasteiger partial charge >= 0.3 is 0 Å². The molecule has 2 aliphatic rings. The van der Waals surface area contributed by atoms with Crippen LogP contribution < -0.4 is 14.8 Å². The van der Waals surface area contributed by atoms with Crippen molar-refractivity contribution >= 4 is 11.7 Å². The number of methoxy groups -OCH3 is 1. The van der Waals surface area contributed by atoms with Gasteiger partial charge in [0, 0.05) is 23.3 Å². The zero-order chi connectivity index (χ0) is 22.2. The Bertz CT molecular complexity index is 1190. The van der Waals surface area contributed by atoms with E-state index in [-0.39, 0.29) is 17.6 Å². The van der Waals surface area contributed by atoms with Gasteiger partial charge in [-0.25, -0.2) is 0 Å². The number of Topliss-reactive ketones (excluding diaryl/α,β-unsaturated/α-hetero) is 1. The fraction of sp³-hybridized carbons (Fsp3) is 0.308. The standard InChI is InChI=1S/C26H26N2O4/c1-4-31-22-8-6-5-7-19(22)24-23-15(2)28-32-26(23)27-20-13-17(14-21(29)25(20)24)16-9-11-18(30-3)12-10-16/h5-12,17,24,27H,4,13-14H2,1-3H3/t17-,24+/m0/s1. The van der Waals surface area contributed by atoms with Crippen molar-refractivity contribution in [1.82, 2.24) is 5.16 Å². The third-order valence-corrected chi connectivity index (χ3v) is 6.37. The highest BCUT2D eigenvalue weighted by Gasteiger charge is 2.42. The Morgan fingerprint density at radius 3 is 2.66 bits per heavy atom. The zero-order valence-corrected chi connectivity index (χ0v) is 18.5. The fourth-order valence-corrected chi connectivity index (χ4v) is 4.90.